The molecule has 1 aliphatic heterocycles. The summed E-state index contributed by atoms with van der Waals surface area (Å²) in [6.45, 7) is 7.79. The summed E-state index contributed by atoms with van der Waals surface area (Å²) in [5, 5.41) is 7.83. The van der Waals surface area contributed by atoms with E-state index < -0.39 is 81.3 Å². The molecule has 0 saturated heterocycles. The van der Waals surface area contributed by atoms with Crippen molar-refractivity contribution in [3.05, 3.63) is 47.5 Å². The number of nitrogens with one attached hydrogen (secondary N) is 3. The molecule has 0 saturated carbocycles. The Bertz CT molecular complexity index is 1740. The SMILES string of the molecule is CC(C)[C@H](CC(=O)CC(CCOCCS(=O)(=O)O)NC(=O)CN1C(=O)C=CC1=O)C(=O)N[C@@H](CCCNC(N)=O)C(=O)Cc1ccc(COC(=O)C(C)(C)C)cc1. The molecular formula is C38H55N5O13S. The Morgan fingerprint density at radius 2 is 1.51 bits per heavy atom. The van der Waals surface area contributed by atoms with Crippen LogP contribution >= 0.6 is 0 Å². The third-order valence-corrected chi connectivity index (χ3v) is 9.47. The van der Waals surface area contributed by atoms with E-state index in [2.05, 4.69) is 16.0 Å². The number of primary amides is 1. The van der Waals surface area contributed by atoms with Crippen LogP contribution in [0.2, 0.25) is 0 Å². The highest BCUT2D eigenvalue weighted by Crippen LogP contribution is 2.20. The highest BCUT2D eigenvalue weighted by Gasteiger charge is 2.31. The molecule has 19 heteroatoms. The summed E-state index contributed by atoms with van der Waals surface area (Å²) in [4.78, 5) is 102. The molecule has 1 aromatic carbocycles. The fourth-order valence-electron chi connectivity index (χ4n) is 5.51. The Balaban J connectivity index is 2.14. The van der Waals surface area contributed by atoms with Gasteiger partial charge in [0, 0.05) is 56.5 Å². The minimum atomic E-state index is -4.29. The average Bonchev–Trinajstić information content (AvgIpc) is 3.41. The van der Waals surface area contributed by atoms with Crippen molar-refractivity contribution >= 4 is 57.3 Å². The summed E-state index contributed by atoms with van der Waals surface area (Å²) < 4.78 is 41.6. The zero-order chi connectivity index (χ0) is 42.9. The molecule has 3 atom stereocenters. The van der Waals surface area contributed by atoms with E-state index in [9.17, 15) is 46.8 Å². The van der Waals surface area contributed by atoms with Crippen LogP contribution in [0.1, 0.15) is 77.8 Å². The van der Waals surface area contributed by atoms with Crippen LogP contribution < -0.4 is 21.7 Å². The van der Waals surface area contributed by atoms with Gasteiger partial charge in [-0.1, -0.05) is 38.1 Å². The number of imide groups is 1. The molecule has 1 aromatic rings. The van der Waals surface area contributed by atoms with E-state index in [-0.39, 0.29) is 76.1 Å². The lowest BCUT2D eigenvalue weighted by Gasteiger charge is -2.25. The van der Waals surface area contributed by atoms with E-state index in [0.717, 1.165) is 17.7 Å². The third kappa shape index (κ3) is 18.7. The zero-order valence-corrected chi connectivity index (χ0v) is 33.9. The van der Waals surface area contributed by atoms with Gasteiger partial charge in [0.05, 0.1) is 23.8 Å². The third-order valence-electron chi connectivity index (χ3n) is 8.78. The number of carbonyl (C=O) groups excluding carboxylic acids is 8. The predicted octanol–water partition coefficient (Wildman–Crippen LogP) is 1.15. The molecule has 57 heavy (non-hydrogen) atoms. The number of ketones is 2. The lowest BCUT2D eigenvalue weighted by molar-refractivity contribution is -0.154. The quantitative estimate of drug-likeness (QED) is 0.0401. The van der Waals surface area contributed by atoms with Crippen molar-refractivity contribution in [1.29, 1.82) is 0 Å². The number of rotatable bonds is 25. The Morgan fingerprint density at radius 3 is 2.07 bits per heavy atom. The van der Waals surface area contributed by atoms with Crippen molar-refractivity contribution in [1.82, 2.24) is 20.9 Å². The lowest BCUT2D eigenvalue weighted by Crippen LogP contribution is -2.47. The standard InChI is InChI=1S/C38H55N5O13S/c1-24(2)29(21-28(44)20-27(14-16-55-17-18-57(52,53)54)41-32(46)22-43-33(47)12-13-34(43)48)35(49)42-30(7-6-15-40-37(39)51)31(45)19-25-8-10-26(11-9-25)23-56-36(50)38(3,4)5/h8-13,24,27,29-30H,6-7,14-23H2,1-5H3,(H,41,46)(H,42,49)(H3,39,40,51)(H,52,53,54)/t27?,29-,30-/m0/s1. The van der Waals surface area contributed by atoms with Crippen LogP contribution in [0.15, 0.2) is 36.4 Å². The molecule has 0 aliphatic carbocycles. The monoisotopic (exact) mass is 821 g/mol. The molecule has 6 N–H and O–H groups in total. The van der Waals surface area contributed by atoms with Crippen molar-refractivity contribution in [3.8, 4) is 0 Å². The van der Waals surface area contributed by atoms with Crippen LogP contribution in [0, 0.1) is 17.3 Å². The first kappa shape index (κ1) is 48.1. The number of hydrogen-bond donors (Lipinski definition) is 5. The van der Waals surface area contributed by atoms with E-state index in [4.69, 9.17) is 19.8 Å². The number of amides is 6. The molecule has 1 aliphatic rings. The molecule has 1 unspecified atom stereocenters. The smallest absolute Gasteiger partial charge is 0.312 e. The summed E-state index contributed by atoms with van der Waals surface area (Å²) >= 11 is 0. The van der Waals surface area contributed by atoms with Gasteiger partial charge < -0.3 is 31.2 Å². The summed E-state index contributed by atoms with van der Waals surface area (Å²) in [7, 11) is -4.29. The minimum absolute atomic E-state index is 0.000596. The number of nitrogens with zero attached hydrogens (tertiary/aromatic N) is 1. The molecule has 2 rings (SSSR count). The molecule has 18 nitrogen and oxygen atoms in total. The van der Waals surface area contributed by atoms with Crippen molar-refractivity contribution < 1.29 is 60.8 Å². The fraction of sp³-hybridized carbons (Fsp3) is 0.579. The second-order valence-corrected chi connectivity index (χ2v) is 16.7. The van der Waals surface area contributed by atoms with Crippen LogP contribution in [-0.4, -0.2) is 109 Å². The van der Waals surface area contributed by atoms with Gasteiger partial charge in [-0.3, -0.25) is 43.0 Å². The molecule has 0 fully saturated rings. The summed E-state index contributed by atoms with van der Waals surface area (Å²) in [5.41, 5.74) is 5.87. The number of esters is 1. The van der Waals surface area contributed by atoms with Crippen LogP contribution in [0.4, 0.5) is 4.79 Å². The van der Waals surface area contributed by atoms with Crippen molar-refractivity contribution in [2.75, 3.05) is 32.1 Å². The number of carbonyl (C=O) groups is 8. The van der Waals surface area contributed by atoms with E-state index in [1.54, 1.807) is 58.9 Å². The first-order valence-electron chi connectivity index (χ1n) is 18.5. The number of benzene rings is 1. The van der Waals surface area contributed by atoms with E-state index >= 15 is 0 Å². The molecular weight excluding hydrogens is 767 g/mol. The number of nitrogens with two attached hydrogens (primary N) is 1. The topological polar surface area (TPSA) is 275 Å². The Labute approximate surface area is 332 Å². The fourth-order valence-corrected chi connectivity index (χ4v) is 5.84. The molecule has 0 bridgehead atoms. The van der Waals surface area contributed by atoms with Gasteiger partial charge in [0.1, 0.15) is 18.9 Å². The summed E-state index contributed by atoms with van der Waals surface area (Å²) in [5.74, 6) is -5.76. The molecule has 0 spiro atoms. The van der Waals surface area contributed by atoms with Crippen LogP contribution in [0.3, 0.4) is 0 Å². The summed E-state index contributed by atoms with van der Waals surface area (Å²) in [6.07, 6.45) is 1.84. The van der Waals surface area contributed by atoms with Gasteiger partial charge in [0.2, 0.25) is 11.8 Å². The zero-order valence-electron chi connectivity index (χ0n) is 33.0. The van der Waals surface area contributed by atoms with Crippen molar-refractivity contribution in [3.63, 3.8) is 0 Å². The highest BCUT2D eigenvalue weighted by molar-refractivity contribution is 7.85. The maximum Gasteiger partial charge on any atom is 0.312 e. The largest absolute Gasteiger partial charge is 0.460 e. The molecule has 316 valence electrons. The molecule has 6 amide bonds. The molecule has 0 aromatic heterocycles. The van der Waals surface area contributed by atoms with Crippen LogP contribution in [0.5, 0.6) is 0 Å². The molecule has 1 heterocycles. The minimum Gasteiger partial charge on any atom is -0.460 e. The van der Waals surface area contributed by atoms with E-state index in [1.165, 1.54) is 0 Å². The van der Waals surface area contributed by atoms with Gasteiger partial charge in [-0.05, 0) is 57.1 Å². The van der Waals surface area contributed by atoms with Crippen LogP contribution in [0.25, 0.3) is 0 Å². The summed E-state index contributed by atoms with van der Waals surface area (Å²) in [6, 6.07) is 4.25. The Kier molecular flexibility index (Phi) is 19.1. The number of urea groups is 1. The first-order valence-corrected chi connectivity index (χ1v) is 20.2. The normalized spacial score (nSPS) is 14.5. The van der Waals surface area contributed by atoms with Gasteiger partial charge >= 0.3 is 12.0 Å². The first-order chi connectivity index (χ1) is 26.5. The van der Waals surface area contributed by atoms with E-state index in [1.807, 2.05) is 0 Å². The second kappa shape index (κ2) is 22.7. The van der Waals surface area contributed by atoms with Crippen molar-refractivity contribution in [2.45, 2.75) is 91.8 Å². The predicted molar refractivity (Wildman–Crippen MR) is 205 cm³/mol. The maximum absolute atomic E-state index is 13.7. The van der Waals surface area contributed by atoms with Gasteiger partial charge in [-0.2, -0.15) is 8.42 Å². The van der Waals surface area contributed by atoms with E-state index in [0.29, 0.717) is 16.9 Å². The average molecular weight is 822 g/mol. The number of ether oxygens (including phenoxy) is 2. The number of hydrogen-bond acceptors (Lipinski definition) is 12. The lowest BCUT2D eigenvalue weighted by atomic mass is 9.87. The maximum atomic E-state index is 13.7. The Hall–Kier alpha value is -5.01. The van der Waals surface area contributed by atoms with Crippen LogP contribution in [-0.2, 0) is 66.2 Å². The van der Waals surface area contributed by atoms with Gasteiger partial charge in [0.25, 0.3) is 21.9 Å². The van der Waals surface area contributed by atoms with Crippen molar-refractivity contribution in [2.24, 2.45) is 23.0 Å². The Morgan fingerprint density at radius 1 is 0.895 bits per heavy atom. The van der Waals surface area contributed by atoms with Gasteiger partial charge in [-0.25, -0.2) is 4.79 Å². The van der Waals surface area contributed by atoms with Gasteiger partial charge in [-0.15, -0.1) is 0 Å². The highest BCUT2D eigenvalue weighted by atomic mass is 32.2. The number of Topliss-reactive ketones (excluding diaryl/α,β-unsaturated/α-hetero) is 2. The second-order valence-electron chi connectivity index (χ2n) is 15.1. The van der Waals surface area contributed by atoms with Gasteiger partial charge in [0.15, 0.2) is 5.78 Å². The molecule has 0 radical (unpaired) electrons.